The van der Waals surface area contributed by atoms with Gasteiger partial charge in [0.15, 0.2) is 0 Å². The van der Waals surface area contributed by atoms with Crippen molar-refractivity contribution in [3.63, 3.8) is 0 Å². The molecule has 0 spiro atoms. The Kier molecular flexibility index (Phi) is 12.1. The molecule has 2 heterocycles. The molecule has 0 bridgehead atoms. The van der Waals surface area contributed by atoms with Crippen LogP contribution in [0.25, 0.3) is 0 Å². The number of likely N-dealkylation sites (tertiary alicyclic amines) is 1. The third-order valence-electron chi connectivity index (χ3n) is 3.68. The Hall–Kier alpha value is 0.320. The van der Waals surface area contributed by atoms with Gasteiger partial charge in [-0.2, -0.15) is 0 Å². The van der Waals surface area contributed by atoms with Gasteiger partial charge in [0.2, 0.25) is 5.91 Å². The molecule has 0 aromatic carbocycles. The highest BCUT2D eigenvalue weighted by Crippen LogP contribution is 2.10. The summed E-state index contributed by atoms with van der Waals surface area (Å²) in [5.41, 5.74) is 0. The molecule has 0 aromatic heterocycles. The third kappa shape index (κ3) is 7.36. The van der Waals surface area contributed by atoms with Gasteiger partial charge in [0.25, 0.3) is 0 Å². The molecule has 2 aliphatic rings. The second kappa shape index (κ2) is 11.9. The summed E-state index contributed by atoms with van der Waals surface area (Å²) in [5.74, 6) is 2.00. The van der Waals surface area contributed by atoms with E-state index in [1.807, 2.05) is 0 Å². The summed E-state index contributed by atoms with van der Waals surface area (Å²) in [6, 6.07) is 0.0354. The Morgan fingerprint density at radius 3 is 2.50 bits per heavy atom. The first-order valence-electron chi connectivity index (χ1n) is 7.17. The van der Waals surface area contributed by atoms with E-state index in [2.05, 4.69) is 15.5 Å². The van der Waals surface area contributed by atoms with Gasteiger partial charge in [0, 0.05) is 18.2 Å². The van der Waals surface area contributed by atoms with Crippen molar-refractivity contribution in [2.24, 2.45) is 0 Å². The quantitative estimate of drug-likeness (QED) is 0.748. The zero-order chi connectivity index (χ0) is 12.6. The second-order valence-corrected chi connectivity index (χ2v) is 6.20. The topological polar surface area (TPSA) is 44.4 Å². The average molecular weight is 344 g/mol. The zero-order valence-corrected chi connectivity index (χ0v) is 14.4. The largest absolute Gasteiger partial charge is 0.355 e. The van der Waals surface area contributed by atoms with Crippen LogP contribution in [0.1, 0.15) is 32.1 Å². The molecule has 0 aliphatic carbocycles. The summed E-state index contributed by atoms with van der Waals surface area (Å²) in [5, 5.41) is 6.23. The summed E-state index contributed by atoms with van der Waals surface area (Å²) < 4.78 is 0. The van der Waals surface area contributed by atoms with E-state index in [0.717, 1.165) is 31.1 Å². The van der Waals surface area contributed by atoms with Crippen LogP contribution in [0.15, 0.2) is 0 Å². The van der Waals surface area contributed by atoms with Crippen LogP contribution in [0.5, 0.6) is 0 Å². The highest BCUT2D eigenvalue weighted by atomic mass is 35.5. The van der Waals surface area contributed by atoms with Crippen LogP contribution in [0, 0.1) is 0 Å². The Balaban J connectivity index is 0.00000180. The Bertz CT molecular complexity index is 258. The zero-order valence-electron chi connectivity index (χ0n) is 11.9. The van der Waals surface area contributed by atoms with Crippen molar-refractivity contribution in [2.75, 3.05) is 37.8 Å². The van der Waals surface area contributed by atoms with Crippen molar-refractivity contribution in [1.82, 2.24) is 15.5 Å². The average Bonchev–Trinajstić information content (AvgIpc) is 2.80. The van der Waals surface area contributed by atoms with Gasteiger partial charge in [-0.1, -0.05) is 12.8 Å². The molecule has 20 heavy (non-hydrogen) atoms. The van der Waals surface area contributed by atoms with Crippen molar-refractivity contribution in [1.29, 1.82) is 0 Å². The number of hydrogen-bond donors (Lipinski definition) is 2. The molecule has 120 valence electrons. The summed E-state index contributed by atoms with van der Waals surface area (Å²) in [6.07, 6.45) is 6.53. The van der Waals surface area contributed by atoms with Crippen molar-refractivity contribution in [3.8, 4) is 0 Å². The molecule has 2 N–H and O–H groups in total. The number of carbonyl (C=O) groups is 1. The predicted molar refractivity (Wildman–Crippen MR) is 91.3 cm³/mol. The van der Waals surface area contributed by atoms with Gasteiger partial charge < -0.3 is 10.2 Å². The number of hydrogen-bond acceptors (Lipinski definition) is 4. The number of thioether (sulfide) groups is 1. The molecule has 2 aliphatic heterocycles. The fraction of sp³-hybridized carbons (Fsp3) is 0.923. The van der Waals surface area contributed by atoms with Crippen LogP contribution in [-0.4, -0.2) is 54.7 Å². The van der Waals surface area contributed by atoms with Crippen LogP contribution in [-0.2, 0) is 4.79 Å². The van der Waals surface area contributed by atoms with Crippen LogP contribution in [0.4, 0.5) is 0 Å². The maximum Gasteiger partial charge on any atom is 0.238 e. The van der Waals surface area contributed by atoms with Crippen LogP contribution >= 0.6 is 36.6 Å². The van der Waals surface area contributed by atoms with E-state index in [1.54, 1.807) is 11.8 Å². The number of rotatable bonds is 5. The molecule has 1 unspecified atom stereocenters. The van der Waals surface area contributed by atoms with Crippen LogP contribution in [0.3, 0.4) is 0 Å². The summed E-state index contributed by atoms with van der Waals surface area (Å²) in [7, 11) is 0. The molecule has 1 atom stereocenters. The van der Waals surface area contributed by atoms with E-state index in [0.29, 0.717) is 0 Å². The maximum atomic E-state index is 11.8. The monoisotopic (exact) mass is 343 g/mol. The summed E-state index contributed by atoms with van der Waals surface area (Å²) in [4.78, 5) is 14.3. The Morgan fingerprint density at radius 2 is 1.90 bits per heavy atom. The number of amides is 1. The lowest BCUT2D eigenvalue weighted by molar-refractivity contribution is -0.122. The van der Waals surface area contributed by atoms with Crippen molar-refractivity contribution < 1.29 is 4.79 Å². The summed E-state index contributed by atoms with van der Waals surface area (Å²) in [6.45, 7) is 4.44. The molecule has 4 nitrogen and oxygen atoms in total. The first-order valence-corrected chi connectivity index (χ1v) is 8.33. The molecule has 7 heteroatoms. The molecule has 2 saturated heterocycles. The minimum atomic E-state index is 0. The standard InChI is InChI=1S/C13H25N3OS.2ClH/c17-13(12-10-18-11-15-12)14-6-5-9-16-7-3-1-2-4-8-16;;/h12,15H,1-11H2,(H,14,17);2*1H. The van der Waals surface area contributed by atoms with E-state index in [-0.39, 0.29) is 36.8 Å². The van der Waals surface area contributed by atoms with E-state index < -0.39 is 0 Å². The minimum Gasteiger partial charge on any atom is -0.355 e. The molecule has 0 saturated carbocycles. The van der Waals surface area contributed by atoms with E-state index in [4.69, 9.17) is 0 Å². The number of halogens is 2. The summed E-state index contributed by atoms with van der Waals surface area (Å²) >= 11 is 1.79. The van der Waals surface area contributed by atoms with E-state index in [9.17, 15) is 4.79 Å². The number of carbonyl (C=O) groups excluding carboxylic acids is 1. The van der Waals surface area contributed by atoms with E-state index >= 15 is 0 Å². The van der Waals surface area contributed by atoms with Crippen molar-refractivity contribution in [3.05, 3.63) is 0 Å². The van der Waals surface area contributed by atoms with Crippen molar-refractivity contribution >= 4 is 42.5 Å². The first-order chi connectivity index (χ1) is 8.86. The Labute approximate surface area is 139 Å². The number of nitrogens with zero attached hydrogens (tertiary/aromatic N) is 1. The van der Waals surface area contributed by atoms with Gasteiger partial charge in [0.1, 0.15) is 0 Å². The molecule has 1 amide bonds. The van der Waals surface area contributed by atoms with Gasteiger partial charge in [0.05, 0.1) is 6.04 Å². The fourth-order valence-electron chi connectivity index (χ4n) is 2.56. The molecule has 0 radical (unpaired) electrons. The van der Waals surface area contributed by atoms with Gasteiger partial charge >= 0.3 is 0 Å². The van der Waals surface area contributed by atoms with Gasteiger partial charge in [-0.25, -0.2) is 0 Å². The SMILES string of the molecule is Cl.Cl.O=C(NCCCN1CCCCCC1)C1CSCN1. The molecular formula is C13H27Cl2N3OS. The minimum absolute atomic E-state index is 0. The normalized spacial score (nSPS) is 23.3. The van der Waals surface area contributed by atoms with Crippen molar-refractivity contribution in [2.45, 2.75) is 38.1 Å². The van der Waals surface area contributed by atoms with Gasteiger partial charge in [-0.15, -0.1) is 36.6 Å². The first kappa shape index (κ1) is 20.3. The molecule has 2 fully saturated rings. The fourth-order valence-corrected chi connectivity index (χ4v) is 3.50. The highest BCUT2D eigenvalue weighted by molar-refractivity contribution is 7.99. The lowest BCUT2D eigenvalue weighted by Crippen LogP contribution is -2.42. The highest BCUT2D eigenvalue weighted by Gasteiger charge is 2.21. The smallest absolute Gasteiger partial charge is 0.238 e. The van der Waals surface area contributed by atoms with E-state index in [1.165, 1.54) is 38.8 Å². The Morgan fingerprint density at radius 1 is 1.20 bits per heavy atom. The van der Waals surface area contributed by atoms with Gasteiger partial charge in [-0.3, -0.25) is 10.1 Å². The molecule has 0 aromatic rings. The lowest BCUT2D eigenvalue weighted by Gasteiger charge is -2.19. The predicted octanol–water partition coefficient (Wildman–Crippen LogP) is 1.87. The van der Waals surface area contributed by atoms with Crippen LogP contribution in [0.2, 0.25) is 0 Å². The second-order valence-electron chi connectivity index (χ2n) is 5.17. The van der Waals surface area contributed by atoms with Gasteiger partial charge in [-0.05, 0) is 38.9 Å². The third-order valence-corrected chi connectivity index (χ3v) is 4.62. The molecular weight excluding hydrogens is 317 g/mol. The number of nitrogens with one attached hydrogen (secondary N) is 2. The lowest BCUT2D eigenvalue weighted by atomic mass is 10.2. The molecule has 2 rings (SSSR count). The van der Waals surface area contributed by atoms with Crippen LogP contribution < -0.4 is 10.6 Å². The maximum absolute atomic E-state index is 11.8.